The topological polar surface area (TPSA) is 125 Å². The molecule has 3 heterocycles. The minimum absolute atomic E-state index is 0.0631. The molecule has 0 aromatic carbocycles. The van der Waals surface area contributed by atoms with Gasteiger partial charge in [-0.05, 0) is 17.7 Å². The molecule has 0 unspecified atom stereocenters. The number of sulfonamides is 1. The average Bonchev–Trinajstić information content (AvgIpc) is 2.60. The van der Waals surface area contributed by atoms with Crippen LogP contribution in [0.25, 0.3) is 0 Å². The Morgan fingerprint density at radius 1 is 1.30 bits per heavy atom. The molecule has 0 bridgehead atoms. The lowest BCUT2D eigenvalue weighted by atomic mass is 10.1. The van der Waals surface area contributed by atoms with Crippen molar-refractivity contribution in [3.05, 3.63) is 47.5 Å². The second-order valence-electron chi connectivity index (χ2n) is 4.94. The molecule has 1 aliphatic rings. The van der Waals surface area contributed by atoms with Gasteiger partial charge in [0.25, 0.3) is 5.91 Å². The zero-order valence-corrected chi connectivity index (χ0v) is 12.7. The van der Waals surface area contributed by atoms with Gasteiger partial charge in [0.05, 0.1) is 18.0 Å². The molecule has 9 nitrogen and oxygen atoms in total. The van der Waals surface area contributed by atoms with Crippen molar-refractivity contribution in [3.8, 4) is 0 Å². The summed E-state index contributed by atoms with van der Waals surface area (Å²) in [6, 6.07) is 2.91. The van der Waals surface area contributed by atoms with Gasteiger partial charge in [0.1, 0.15) is 4.90 Å². The Morgan fingerprint density at radius 3 is 2.83 bits per heavy atom. The lowest BCUT2D eigenvalue weighted by Crippen LogP contribution is -2.36. The van der Waals surface area contributed by atoms with Crippen molar-refractivity contribution in [2.75, 3.05) is 6.54 Å². The number of hydroxylamine groups is 1. The van der Waals surface area contributed by atoms with Crippen LogP contribution >= 0.6 is 0 Å². The molecule has 0 saturated heterocycles. The maximum Gasteiger partial charge on any atom is 0.276 e. The number of nitrogens with zero attached hydrogens (tertiary/aromatic N) is 4. The van der Waals surface area contributed by atoms with Gasteiger partial charge >= 0.3 is 0 Å². The Kier molecular flexibility index (Phi) is 4.03. The van der Waals surface area contributed by atoms with Crippen LogP contribution in [0.3, 0.4) is 0 Å². The first-order valence-electron chi connectivity index (χ1n) is 6.71. The van der Waals surface area contributed by atoms with Gasteiger partial charge in [-0.2, -0.15) is 14.5 Å². The Hall–Kier alpha value is -2.43. The largest absolute Gasteiger partial charge is 0.288 e. The predicted octanol–water partition coefficient (Wildman–Crippen LogP) is -0.262. The quantitative estimate of drug-likeness (QED) is 0.584. The van der Waals surface area contributed by atoms with E-state index in [2.05, 4.69) is 15.2 Å². The molecule has 2 aromatic heterocycles. The summed E-state index contributed by atoms with van der Waals surface area (Å²) in [5.41, 5.74) is 3.06. The van der Waals surface area contributed by atoms with E-state index in [1.54, 1.807) is 0 Å². The van der Waals surface area contributed by atoms with Crippen molar-refractivity contribution in [1.82, 2.24) is 25.0 Å². The van der Waals surface area contributed by atoms with E-state index in [1.165, 1.54) is 40.5 Å². The van der Waals surface area contributed by atoms with Crippen LogP contribution in [-0.4, -0.2) is 45.6 Å². The minimum atomic E-state index is -3.69. The Balaban J connectivity index is 1.92. The fourth-order valence-corrected chi connectivity index (χ4v) is 3.73. The van der Waals surface area contributed by atoms with Crippen molar-refractivity contribution in [1.29, 1.82) is 0 Å². The summed E-state index contributed by atoms with van der Waals surface area (Å²) in [4.78, 5) is 15.7. The van der Waals surface area contributed by atoms with Crippen LogP contribution in [0.1, 0.15) is 21.6 Å². The van der Waals surface area contributed by atoms with Gasteiger partial charge in [0.2, 0.25) is 10.0 Å². The maximum atomic E-state index is 12.6. The van der Waals surface area contributed by atoms with Crippen molar-refractivity contribution >= 4 is 15.9 Å². The monoisotopic (exact) mass is 335 g/mol. The molecule has 3 rings (SSSR count). The Labute approximate surface area is 132 Å². The number of carbonyl (C=O) groups excluding carboxylic acids is 1. The lowest BCUT2D eigenvalue weighted by Gasteiger charge is -2.27. The van der Waals surface area contributed by atoms with Crippen molar-refractivity contribution < 1.29 is 18.4 Å². The van der Waals surface area contributed by atoms with E-state index in [0.717, 1.165) is 5.69 Å². The van der Waals surface area contributed by atoms with E-state index in [9.17, 15) is 13.2 Å². The first-order valence-corrected chi connectivity index (χ1v) is 8.15. The summed E-state index contributed by atoms with van der Waals surface area (Å²) < 4.78 is 26.5. The molecule has 1 aliphatic heterocycles. The summed E-state index contributed by atoms with van der Waals surface area (Å²) in [6.45, 7) is 0.385. The van der Waals surface area contributed by atoms with Gasteiger partial charge in [0.15, 0.2) is 0 Å². The number of pyridine rings is 1. The summed E-state index contributed by atoms with van der Waals surface area (Å²) in [6.07, 6.45) is 4.30. The van der Waals surface area contributed by atoms with Gasteiger partial charge in [-0.3, -0.25) is 15.0 Å². The van der Waals surface area contributed by atoms with Crippen LogP contribution in [0.4, 0.5) is 0 Å². The van der Waals surface area contributed by atoms with Crippen molar-refractivity contribution in [2.24, 2.45) is 0 Å². The number of amides is 1. The van der Waals surface area contributed by atoms with Crippen molar-refractivity contribution in [2.45, 2.75) is 17.9 Å². The number of fused-ring (bicyclic) bond motifs is 1. The highest BCUT2D eigenvalue weighted by atomic mass is 32.2. The van der Waals surface area contributed by atoms with Crippen LogP contribution in [-0.2, 0) is 23.0 Å². The molecule has 0 saturated carbocycles. The second-order valence-corrected chi connectivity index (χ2v) is 6.88. The highest BCUT2D eigenvalue weighted by molar-refractivity contribution is 7.89. The van der Waals surface area contributed by atoms with E-state index < -0.39 is 15.9 Å². The Bertz CT molecular complexity index is 841. The smallest absolute Gasteiger partial charge is 0.276 e. The van der Waals surface area contributed by atoms with Crippen molar-refractivity contribution in [3.63, 3.8) is 0 Å². The molecule has 0 atom stereocenters. The van der Waals surface area contributed by atoms with E-state index in [0.29, 0.717) is 12.0 Å². The summed E-state index contributed by atoms with van der Waals surface area (Å²) >= 11 is 0. The van der Waals surface area contributed by atoms with Crippen LogP contribution < -0.4 is 5.48 Å². The highest BCUT2D eigenvalue weighted by Gasteiger charge is 2.29. The Morgan fingerprint density at radius 2 is 2.13 bits per heavy atom. The van der Waals surface area contributed by atoms with Crippen LogP contribution in [0, 0.1) is 0 Å². The summed E-state index contributed by atoms with van der Waals surface area (Å²) in [5, 5.41) is 15.8. The summed E-state index contributed by atoms with van der Waals surface area (Å²) in [7, 11) is -3.69. The summed E-state index contributed by atoms with van der Waals surface area (Å²) in [5.74, 6) is -0.696. The van der Waals surface area contributed by atoms with Crippen LogP contribution in [0.2, 0.25) is 0 Å². The van der Waals surface area contributed by atoms with Gasteiger partial charge in [0, 0.05) is 31.4 Å². The molecule has 120 valence electrons. The molecular formula is C13H13N5O4S. The third kappa shape index (κ3) is 2.91. The number of nitrogens with one attached hydrogen (secondary N) is 1. The fourth-order valence-electron chi connectivity index (χ4n) is 2.37. The number of hydrogen-bond donors (Lipinski definition) is 2. The highest BCUT2D eigenvalue weighted by Crippen LogP contribution is 2.24. The van der Waals surface area contributed by atoms with E-state index >= 15 is 0 Å². The number of aromatic nitrogens is 3. The number of rotatable bonds is 3. The van der Waals surface area contributed by atoms with Gasteiger partial charge in [-0.1, -0.05) is 0 Å². The standard InChI is InChI=1S/C13H13N5O4S/c19-13(17-20)9-5-10-8-18(4-2-12(10)14-6-9)23(21,22)11-1-3-15-16-7-11/h1,3,5-7,20H,2,4,8H2,(H,17,19). The van der Waals surface area contributed by atoms with Gasteiger partial charge in [-0.15, -0.1) is 0 Å². The van der Waals surface area contributed by atoms with Gasteiger partial charge < -0.3 is 0 Å². The van der Waals surface area contributed by atoms with Crippen LogP contribution in [0.5, 0.6) is 0 Å². The third-order valence-corrected chi connectivity index (χ3v) is 5.39. The molecule has 2 aromatic rings. The average molecular weight is 335 g/mol. The molecule has 0 aliphatic carbocycles. The molecular weight excluding hydrogens is 322 g/mol. The normalized spacial score (nSPS) is 15.0. The van der Waals surface area contributed by atoms with E-state index in [1.807, 2.05) is 0 Å². The third-order valence-electron chi connectivity index (χ3n) is 3.56. The van der Waals surface area contributed by atoms with Gasteiger partial charge in [-0.25, -0.2) is 13.9 Å². The number of hydrogen-bond acceptors (Lipinski definition) is 7. The number of carbonyl (C=O) groups is 1. The lowest BCUT2D eigenvalue weighted by molar-refractivity contribution is 0.0705. The second kappa shape index (κ2) is 5.99. The molecule has 0 fully saturated rings. The first kappa shape index (κ1) is 15.5. The zero-order chi connectivity index (χ0) is 16.4. The van der Waals surface area contributed by atoms with Crippen LogP contribution in [0.15, 0.2) is 35.6 Å². The molecule has 10 heteroatoms. The maximum absolute atomic E-state index is 12.6. The molecule has 0 spiro atoms. The fraction of sp³-hybridized carbons (Fsp3) is 0.231. The molecule has 1 amide bonds. The van der Waals surface area contributed by atoms with E-state index in [4.69, 9.17) is 5.21 Å². The zero-order valence-electron chi connectivity index (χ0n) is 11.9. The van der Waals surface area contributed by atoms with E-state index in [-0.39, 0.29) is 23.5 Å². The SMILES string of the molecule is O=C(NO)c1cnc2c(c1)CN(S(=O)(=O)c1ccnnc1)CC2. The molecule has 23 heavy (non-hydrogen) atoms. The minimum Gasteiger partial charge on any atom is -0.288 e. The molecule has 2 N–H and O–H groups in total. The molecule has 0 radical (unpaired) electrons. The first-order chi connectivity index (χ1) is 11.0. The predicted molar refractivity (Wildman–Crippen MR) is 76.8 cm³/mol.